The van der Waals surface area contributed by atoms with E-state index in [9.17, 15) is 8.42 Å². The van der Waals surface area contributed by atoms with Crippen molar-refractivity contribution < 1.29 is 13.2 Å². The zero-order valence-electron chi connectivity index (χ0n) is 19.7. The van der Waals surface area contributed by atoms with Gasteiger partial charge in [0.2, 0.25) is 0 Å². The maximum Gasteiger partial charge on any atom is 0.263 e. The number of nitrogens with zero attached hydrogens (tertiary/aromatic N) is 2. The van der Waals surface area contributed by atoms with Crippen LogP contribution in [0.3, 0.4) is 0 Å². The summed E-state index contributed by atoms with van der Waals surface area (Å²) in [7, 11) is -2.45. The summed E-state index contributed by atoms with van der Waals surface area (Å²) in [6.45, 7) is 7.81. The van der Waals surface area contributed by atoms with Crippen molar-refractivity contribution in [2.45, 2.75) is 37.8 Å². The highest BCUT2D eigenvalue weighted by Gasteiger charge is 2.24. The molecule has 0 saturated carbocycles. The molecule has 180 valence electrons. The molecule has 0 amide bonds. The largest absolute Gasteiger partial charge is 0.495 e. The predicted molar refractivity (Wildman–Crippen MR) is 137 cm³/mol. The highest BCUT2D eigenvalue weighted by atomic mass is 35.5. The molecule has 1 aliphatic heterocycles. The molecule has 7 nitrogen and oxygen atoms in total. The van der Waals surface area contributed by atoms with Crippen LogP contribution in [0.4, 0.5) is 11.4 Å². The number of aryl methyl sites for hydroxylation is 1. The molecule has 34 heavy (non-hydrogen) atoms. The Bertz CT molecular complexity index is 1290. The zero-order valence-corrected chi connectivity index (χ0v) is 21.2. The molecule has 2 N–H and O–H groups in total. The monoisotopic (exact) mass is 500 g/mol. The van der Waals surface area contributed by atoms with E-state index in [0.717, 1.165) is 35.7 Å². The van der Waals surface area contributed by atoms with Gasteiger partial charge in [-0.25, -0.2) is 8.42 Å². The molecule has 0 radical (unpaired) electrons. The number of halogens is 1. The van der Waals surface area contributed by atoms with E-state index in [4.69, 9.17) is 16.3 Å². The minimum Gasteiger partial charge on any atom is -0.495 e. The summed E-state index contributed by atoms with van der Waals surface area (Å²) in [6, 6.07) is 16.7. The van der Waals surface area contributed by atoms with Crippen molar-refractivity contribution >= 4 is 33.0 Å². The molecule has 1 fully saturated rings. The van der Waals surface area contributed by atoms with Crippen LogP contribution >= 0.6 is 11.6 Å². The molecule has 0 aliphatic carbocycles. The Labute approximate surface area is 206 Å². The second-order valence-electron chi connectivity index (χ2n) is 8.67. The summed E-state index contributed by atoms with van der Waals surface area (Å²) in [5.41, 5.74) is 3.62. The molecule has 1 saturated heterocycles. The second kappa shape index (κ2) is 9.82. The summed E-state index contributed by atoms with van der Waals surface area (Å²) < 4.78 is 34.7. The number of hydrogen-bond acceptors (Lipinski definition) is 6. The SMILES string of the molecule is COc1ccc(N2CC(C)NC(C)C2)cc1NS(=O)(=O)c1ccc(-c2cccc(C)n2)cc1Cl. The maximum absolute atomic E-state index is 13.3. The van der Waals surface area contributed by atoms with Crippen molar-refractivity contribution in [3.8, 4) is 17.0 Å². The van der Waals surface area contributed by atoms with E-state index in [1.54, 1.807) is 24.3 Å². The smallest absolute Gasteiger partial charge is 0.263 e. The fourth-order valence-corrected chi connectivity index (χ4v) is 5.90. The molecule has 1 aliphatic rings. The first-order chi connectivity index (χ1) is 16.2. The third kappa shape index (κ3) is 5.29. The van der Waals surface area contributed by atoms with Crippen LogP contribution in [0, 0.1) is 6.92 Å². The van der Waals surface area contributed by atoms with Gasteiger partial charge >= 0.3 is 0 Å². The van der Waals surface area contributed by atoms with Crippen LogP contribution in [0.1, 0.15) is 19.5 Å². The number of ether oxygens (including phenoxy) is 1. The third-order valence-corrected chi connectivity index (χ3v) is 7.60. The van der Waals surface area contributed by atoms with E-state index in [0.29, 0.717) is 23.5 Å². The standard InChI is InChI=1S/C25H29ClN4O3S/c1-16-6-5-7-22(28-16)19-8-11-25(21(26)12-19)34(31,32)29-23-13-20(9-10-24(23)33-4)30-14-17(2)27-18(3)15-30/h5-13,17-18,27,29H,14-15H2,1-4H3. The van der Waals surface area contributed by atoms with Gasteiger partial charge in [-0.15, -0.1) is 0 Å². The Hall–Kier alpha value is -2.81. The van der Waals surface area contributed by atoms with Gasteiger partial charge in [0.25, 0.3) is 10.0 Å². The lowest BCUT2D eigenvalue weighted by atomic mass is 10.1. The molecule has 2 heterocycles. The molecule has 9 heteroatoms. The van der Waals surface area contributed by atoms with Crippen molar-refractivity contribution in [3.05, 3.63) is 65.3 Å². The highest BCUT2D eigenvalue weighted by Crippen LogP contribution is 2.34. The van der Waals surface area contributed by atoms with Gasteiger partial charge in [0.05, 0.1) is 23.5 Å². The van der Waals surface area contributed by atoms with Crippen LogP contribution in [-0.4, -0.2) is 45.7 Å². The minimum absolute atomic E-state index is 0.0116. The first kappa shape index (κ1) is 24.3. The first-order valence-corrected chi connectivity index (χ1v) is 13.0. The third-order valence-electron chi connectivity index (χ3n) is 5.76. The summed E-state index contributed by atoms with van der Waals surface area (Å²) in [4.78, 5) is 6.71. The van der Waals surface area contributed by atoms with Crippen molar-refractivity contribution in [1.29, 1.82) is 0 Å². The molecular weight excluding hydrogens is 472 g/mol. The van der Waals surface area contributed by atoms with Gasteiger partial charge in [-0.2, -0.15) is 0 Å². The number of benzene rings is 2. The number of sulfonamides is 1. The van der Waals surface area contributed by atoms with Crippen molar-refractivity contribution in [2.24, 2.45) is 0 Å². The Morgan fingerprint density at radius 1 is 1.09 bits per heavy atom. The van der Waals surface area contributed by atoms with E-state index in [-0.39, 0.29) is 9.92 Å². The molecule has 4 rings (SSSR count). The van der Waals surface area contributed by atoms with E-state index >= 15 is 0 Å². The number of aromatic nitrogens is 1. The van der Waals surface area contributed by atoms with E-state index in [1.807, 2.05) is 31.2 Å². The first-order valence-electron chi connectivity index (χ1n) is 11.1. The quantitative estimate of drug-likeness (QED) is 0.510. The summed E-state index contributed by atoms with van der Waals surface area (Å²) in [5, 5.41) is 3.62. The topological polar surface area (TPSA) is 83.6 Å². The average molecular weight is 501 g/mol. The van der Waals surface area contributed by atoms with Gasteiger partial charge in [0.1, 0.15) is 10.6 Å². The number of nitrogens with one attached hydrogen (secondary N) is 2. The number of anilines is 2. The molecule has 2 atom stereocenters. The summed E-state index contributed by atoms with van der Waals surface area (Å²) in [5.74, 6) is 0.431. The Morgan fingerprint density at radius 2 is 1.82 bits per heavy atom. The molecule has 3 aromatic rings. The van der Waals surface area contributed by atoms with Crippen molar-refractivity contribution in [2.75, 3.05) is 29.8 Å². The van der Waals surface area contributed by atoms with Gasteiger partial charge < -0.3 is 15.0 Å². The van der Waals surface area contributed by atoms with Gasteiger partial charge in [-0.05, 0) is 63.2 Å². The zero-order chi connectivity index (χ0) is 24.5. The van der Waals surface area contributed by atoms with Crippen LogP contribution < -0.4 is 19.7 Å². The lowest BCUT2D eigenvalue weighted by Gasteiger charge is -2.38. The van der Waals surface area contributed by atoms with Gasteiger partial charge in [0.15, 0.2) is 0 Å². The van der Waals surface area contributed by atoms with Crippen molar-refractivity contribution in [3.63, 3.8) is 0 Å². The Morgan fingerprint density at radius 3 is 2.47 bits per heavy atom. The van der Waals surface area contributed by atoms with E-state index < -0.39 is 10.0 Å². The number of hydrogen-bond donors (Lipinski definition) is 2. The number of pyridine rings is 1. The molecule has 0 bridgehead atoms. The maximum atomic E-state index is 13.3. The second-order valence-corrected chi connectivity index (χ2v) is 10.7. The van der Waals surface area contributed by atoms with Crippen LogP contribution in [0.15, 0.2) is 59.5 Å². The summed E-state index contributed by atoms with van der Waals surface area (Å²) >= 11 is 6.44. The number of piperazine rings is 1. The number of methoxy groups -OCH3 is 1. The lowest BCUT2D eigenvalue weighted by molar-refractivity contribution is 0.406. The van der Waals surface area contributed by atoms with Crippen molar-refractivity contribution in [1.82, 2.24) is 10.3 Å². The fraction of sp³-hybridized carbons (Fsp3) is 0.320. The van der Waals surface area contributed by atoms with Crippen LogP contribution in [0.25, 0.3) is 11.3 Å². The van der Waals surface area contributed by atoms with Crippen LogP contribution in [-0.2, 0) is 10.0 Å². The van der Waals surface area contributed by atoms with Crippen LogP contribution in [0.2, 0.25) is 5.02 Å². The average Bonchev–Trinajstić information content (AvgIpc) is 2.78. The molecule has 1 aromatic heterocycles. The Kier molecular flexibility index (Phi) is 7.02. The molecule has 0 spiro atoms. The summed E-state index contributed by atoms with van der Waals surface area (Å²) in [6.07, 6.45) is 0. The molecule has 2 aromatic carbocycles. The lowest BCUT2D eigenvalue weighted by Crippen LogP contribution is -2.54. The van der Waals surface area contributed by atoms with Gasteiger partial charge in [0, 0.05) is 42.1 Å². The normalized spacial score (nSPS) is 18.6. The van der Waals surface area contributed by atoms with Crippen LogP contribution in [0.5, 0.6) is 5.75 Å². The van der Waals surface area contributed by atoms with Gasteiger partial charge in [-0.1, -0.05) is 23.7 Å². The minimum atomic E-state index is -3.97. The van der Waals surface area contributed by atoms with E-state index in [2.05, 4.69) is 33.8 Å². The predicted octanol–water partition coefficient (Wildman–Crippen LogP) is 4.71. The number of rotatable bonds is 6. The highest BCUT2D eigenvalue weighted by molar-refractivity contribution is 7.92. The van der Waals surface area contributed by atoms with E-state index in [1.165, 1.54) is 13.2 Å². The molecule has 2 unspecified atom stereocenters. The Balaban J connectivity index is 1.64. The fourth-order valence-electron chi connectivity index (χ4n) is 4.29. The molecular formula is C25H29ClN4O3S. The van der Waals surface area contributed by atoms with Gasteiger partial charge in [-0.3, -0.25) is 9.71 Å².